The Morgan fingerprint density at radius 1 is 1.53 bits per heavy atom. The van der Waals surface area contributed by atoms with Crippen molar-refractivity contribution in [2.75, 3.05) is 13.6 Å². The summed E-state index contributed by atoms with van der Waals surface area (Å²) < 4.78 is 1.32. The van der Waals surface area contributed by atoms with Gasteiger partial charge in [0.25, 0.3) is 0 Å². The van der Waals surface area contributed by atoms with Crippen molar-refractivity contribution in [3.05, 3.63) is 20.8 Å². The van der Waals surface area contributed by atoms with Crippen molar-refractivity contribution in [3.8, 4) is 0 Å². The van der Waals surface area contributed by atoms with E-state index in [1.54, 1.807) is 4.88 Å². The molecule has 3 atom stereocenters. The van der Waals surface area contributed by atoms with Gasteiger partial charge in [-0.25, -0.2) is 0 Å². The first-order valence-electron chi connectivity index (χ1n) is 6.60. The Hall–Kier alpha value is 0.140. The molecule has 3 rings (SSSR count). The Balaban J connectivity index is 1.83. The minimum atomic E-state index is 0.547. The second kappa shape index (κ2) is 4.67. The highest BCUT2D eigenvalue weighted by Crippen LogP contribution is 2.57. The summed E-state index contributed by atoms with van der Waals surface area (Å²) >= 11 is 5.61. The summed E-state index contributed by atoms with van der Waals surface area (Å²) in [6.45, 7) is 1.19. The largest absolute Gasteiger partial charge is 0.319 e. The van der Waals surface area contributed by atoms with Crippen molar-refractivity contribution in [2.45, 2.75) is 32.1 Å². The van der Waals surface area contributed by atoms with E-state index in [-0.39, 0.29) is 0 Å². The molecule has 1 nitrogen and oxygen atoms in total. The van der Waals surface area contributed by atoms with Crippen molar-refractivity contribution in [2.24, 2.45) is 17.3 Å². The minimum Gasteiger partial charge on any atom is -0.319 e. The SMILES string of the molecule is CNCC1(Cc2sccc2Br)CC2CCC1C2. The van der Waals surface area contributed by atoms with Crippen LogP contribution in [0.3, 0.4) is 0 Å². The third-order valence-electron chi connectivity index (χ3n) is 4.83. The van der Waals surface area contributed by atoms with Gasteiger partial charge in [-0.05, 0) is 77.4 Å². The number of rotatable bonds is 4. The maximum Gasteiger partial charge on any atom is 0.0314 e. The monoisotopic (exact) mass is 313 g/mol. The Labute approximate surface area is 116 Å². The fraction of sp³-hybridized carbons (Fsp3) is 0.714. The van der Waals surface area contributed by atoms with Crippen LogP contribution in [-0.2, 0) is 6.42 Å². The highest BCUT2D eigenvalue weighted by molar-refractivity contribution is 9.10. The average Bonchev–Trinajstić information content (AvgIpc) is 2.97. The molecule has 2 fully saturated rings. The van der Waals surface area contributed by atoms with Gasteiger partial charge in [-0.1, -0.05) is 6.42 Å². The van der Waals surface area contributed by atoms with Crippen LogP contribution in [0.25, 0.3) is 0 Å². The van der Waals surface area contributed by atoms with Crippen LogP contribution in [0.1, 0.15) is 30.6 Å². The molecule has 0 saturated heterocycles. The molecule has 0 spiro atoms. The molecule has 1 aromatic rings. The summed E-state index contributed by atoms with van der Waals surface area (Å²) in [6.07, 6.45) is 7.16. The topological polar surface area (TPSA) is 12.0 Å². The molecule has 94 valence electrons. The van der Waals surface area contributed by atoms with Crippen LogP contribution in [0, 0.1) is 17.3 Å². The van der Waals surface area contributed by atoms with Gasteiger partial charge >= 0.3 is 0 Å². The normalized spacial score (nSPS) is 35.6. The molecule has 0 amide bonds. The zero-order chi connectivity index (χ0) is 11.9. The van der Waals surface area contributed by atoms with Gasteiger partial charge in [-0.3, -0.25) is 0 Å². The quantitative estimate of drug-likeness (QED) is 0.883. The first kappa shape index (κ1) is 12.2. The van der Waals surface area contributed by atoms with E-state index in [2.05, 4.69) is 39.7 Å². The number of nitrogens with one attached hydrogen (secondary N) is 1. The van der Waals surface area contributed by atoms with Gasteiger partial charge in [0.05, 0.1) is 0 Å². The lowest BCUT2D eigenvalue weighted by Crippen LogP contribution is -2.39. The molecule has 3 unspecified atom stereocenters. The highest BCUT2D eigenvalue weighted by atomic mass is 79.9. The van der Waals surface area contributed by atoms with Crippen LogP contribution in [0.4, 0.5) is 0 Å². The second-order valence-electron chi connectivity index (χ2n) is 5.84. The fourth-order valence-corrected chi connectivity index (χ4v) is 5.82. The van der Waals surface area contributed by atoms with Crippen molar-refractivity contribution in [1.82, 2.24) is 5.32 Å². The Kier molecular flexibility index (Phi) is 3.35. The highest BCUT2D eigenvalue weighted by Gasteiger charge is 2.50. The Morgan fingerprint density at radius 3 is 2.94 bits per heavy atom. The van der Waals surface area contributed by atoms with Crippen LogP contribution in [0.5, 0.6) is 0 Å². The summed E-state index contributed by atoms with van der Waals surface area (Å²) in [7, 11) is 2.11. The van der Waals surface area contributed by atoms with Crippen molar-refractivity contribution in [3.63, 3.8) is 0 Å². The minimum absolute atomic E-state index is 0.547. The third kappa shape index (κ3) is 2.11. The molecule has 1 aromatic heterocycles. The third-order valence-corrected chi connectivity index (χ3v) is 6.76. The molecular weight excluding hydrogens is 294 g/mol. The van der Waals surface area contributed by atoms with E-state index in [0.717, 1.165) is 11.8 Å². The van der Waals surface area contributed by atoms with Gasteiger partial charge in [0.15, 0.2) is 0 Å². The number of thiophene rings is 1. The van der Waals surface area contributed by atoms with Crippen molar-refractivity contribution in [1.29, 1.82) is 0 Å². The van der Waals surface area contributed by atoms with E-state index >= 15 is 0 Å². The summed E-state index contributed by atoms with van der Waals surface area (Å²) in [4.78, 5) is 1.55. The van der Waals surface area contributed by atoms with Crippen molar-refractivity contribution >= 4 is 27.3 Å². The molecule has 3 heteroatoms. The summed E-state index contributed by atoms with van der Waals surface area (Å²) in [5.74, 6) is 1.99. The zero-order valence-electron chi connectivity index (χ0n) is 10.3. The van der Waals surface area contributed by atoms with E-state index < -0.39 is 0 Å². The zero-order valence-corrected chi connectivity index (χ0v) is 12.7. The lowest BCUT2D eigenvalue weighted by atomic mass is 9.70. The van der Waals surface area contributed by atoms with E-state index in [9.17, 15) is 0 Å². The number of fused-ring (bicyclic) bond motifs is 2. The maximum atomic E-state index is 3.69. The lowest BCUT2D eigenvalue weighted by Gasteiger charge is -2.37. The van der Waals surface area contributed by atoms with Gasteiger partial charge in [-0.15, -0.1) is 11.3 Å². The first-order valence-corrected chi connectivity index (χ1v) is 8.27. The fourth-order valence-electron chi connectivity index (χ4n) is 4.18. The van der Waals surface area contributed by atoms with Crippen LogP contribution < -0.4 is 5.32 Å². The predicted octanol–water partition coefficient (Wildman–Crippen LogP) is 4.08. The molecule has 2 aliphatic rings. The summed E-state index contributed by atoms with van der Waals surface area (Å²) in [5.41, 5.74) is 0.547. The van der Waals surface area contributed by atoms with E-state index in [1.165, 1.54) is 43.1 Å². The maximum absolute atomic E-state index is 3.69. The first-order chi connectivity index (χ1) is 8.23. The van der Waals surface area contributed by atoms with Gasteiger partial charge in [-0.2, -0.15) is 0 Å². The van der Waals surface area contributed by atoms with Gasteiger partial charge < -0.3 is 5.32 Å². The lowest BCUT2D eigenvalue weighted by molar-refractivity contribution is 0.161. The molecule has 17 heavy (non-hydrogen) atoms. The van der Waals surface area contributed by atoms with E-state index in [4.69, 9.17) is 0 Å². The van der Waals surface area contributed by atoms with E-state index in [1.807, 2.05) is 11.3 Å². The van der Waals surface area contributed by atoms with E-state index in [0.29, 0.717) is 5.41 Å². The summed E-state index contributed by atoms with van der Waals surface area (Å²) in [5, 5.41) is 5.66. The molecule has 0 radical (unpaired) electrons. The molecule has 2 aliphatic carbocycles. The van der Waals surface area contributed by atoms with Crippen LogP contribution in [-0.4, -0.2) is 13.6 Å². The summed E-state index contributed by atoms with van der Waals surface area (Å²) in [6, 6.07) is 2.19. The number of hydrogen-bond donors (Lipinski definition) is 1. The molecule has 1 N–H and O–H groups in total. The second-order valence-corrected chi connectivity index (χ2v) is 7.70. The molecular formula is C14H20BrNS. The molecule has 0 aromatic carbocycles. The van der Waals surface area contributed by atoms with Gasteiger partial charge in [0.1, 0.15) is 0 Å². The number of halogens is 1. The molecule has 2 saturated carbocycles. The molecule has 1 heterocycles. The van der Waals surface area contributed by atoms with Crippen LogP contribution >= 0.6 is 27.3 Å². The van der Waals surface area contributed by atoms with Gasteiger partial charge in [0.2, 0.25) is 0 Å². The molecule has 2 bridgehead atoms. The standard InChI is InChI=1S/C14H20BrNS/c1-16-9-14(7-10-2-3-11(14)6-10)8-13-12(15)4-5-17-13/h4-5,10-11,16H,2-3,6-9H2,1H3. The smallest absolute Gasteiger partial charge is 0.0314 e. The van der Waals surface area contributed by atoms with Gasteiger partial charge in [0, 0.05) is 15.9 Å². The van der Waals surface area contributed by atoms with Crippen molar-refractivity contribution < 1.29 is 0 Å². The Bertz CT molecular complexity index is 403. The number of hydrogen-bond acceptors (Lipinski definition) is 2. The Morgan fingerprint density at radius 2 is 2.41 bits per heavy atom. The average molecular weight is 314 g/mol. The van der Waals surface area contributed by atoms with Crippen LogP contribution in [0.2, 0.25) is 0 Å². The predicted molar refractivity (Wildman–Crippen MR) is 77.5 cm³/mol. The van der Waals surface area contributed by atoms with Crippen LogP contribution in [0.15, 0.2) is 15.9 Å². The molecule has 0 aliphatic heterocycles.